The van der Waals surface area contributed by atoms with Gasteiger partial charge < -0.3 is 10.3 Å². The Bertz CT molecular complexity index is 578. The van der Waals surface area contributed by atoms with Gasteiger partial charge in [0.05, 0.1) is 12.2 Å². The minimum atomic E-state index is 0.707. The third-order valence-electron chi connectivity index (χ3n) is 4.34. The van der Waals surface area contributed by atoms with Gasteiger partial charge in [-0.1, -0.05) is 12.8 Å². The normalized spacial score (nSPS) is 18.5. The summed E-state index contributed by atoms with van der Waals surface area (Å²) in [6.07, 6.45) is 7.69. The number of imidazole rings is 1. The summed E-state index contributed by atoms with van der Waals surface area (Å²) in [5.74, 6) is 1.11. The summed E-state index contributed by atoms with van der Waals surface area (Å²) in [5, 5.41) is 5.82. The molecule has 0 saturated heterocycles. The highest BCUT2D eigenvalue weighted by molar-refractivity contribution is 7.10. The molecule has 4 rings (SSSR count). The molecule has 19 heavy (non-hydrogen) atoms. The Labute approximate surface area is 117 Å². The second-order valence-corrected chi connectivity index (χ2v) is 6.63. The molecule has 0 aromatic carbocycles. The van der Waals surface area contributed by atoms with E-state index in [-0.39, 0.29) is 0 Å². The number of hydrogen-bond donors (Lipinski definition) is 2. The Morgan fingerprint density at radius 2 is 2.21 bits per heavy atom. The molecule has 1 fully saturated rings. The number of aromatic amines is 1. The SMILES string of the molecule is c1cc2c(s1)CCc1[nH]c(CNC3CCCC3)nc1-2. The van der Waals surface area contributed by atoms with Crippen LogP contribution in [0, 0.1) is 0 Å². The predicted octanol–water partition coefficient (Wildman–Crippen LogP) is 3.27. The van der Waals surface area contributed by atoms with E-state index in [0.29, 0.717) is 6.04 Å². The van der Waals surface area contributed by atoms with Crippen LogP contribution in [-0.2, 0) is 19.4 Å². The number of fused-ring (bicyclic) bond motifs is 3. The lowest BCUT2D eigenvalue weighted by atomic mass is 10.0. The van der Waals surface area contributed by atoms with Crippen LogP contribution in [0.4, 0.5) is 0 Å². The molecule has 0 unspecified atom stereocenters. The highest BCUT2D eigenvalue weighted by atomic mass is 32.1. The molecule has 4 heteroatoms. The number of thiophene rings is 1. The number of rotatable bonds is 3. The van der Waals surface area contributed by atoms with Gasteiger partial charge in [-0.05, 0) is 37.1 Å². The minimum absolute atomic E-state index is 0.707. The predicted molar refractivity (Wildman–Crippen MR) is 78.4 cm³/mol. The Morgan fingerprint density at radius 3 is 3.11 bits per heavy atom. The first-order valence-electron chi connectivity index (χ1n) is 7.28. The Hall–Kier alpha value is -1.13. The van der Waals surface area contributed by atoms with Gasteiger partial charge in [0.25, 0.3) is 0 Å². The Morgan fingerprint density at radius 1 is 1.32 bits per heavy atom. The molecule has 0 radical (unpaired) electrons. The van der Waals surface area contributed by atoms with Gasteiger partial charge in [-0.2, -0.15) is 0 Å². The highest BCUT2D eigenvalue weighted by Crippen LogP contribution is 2.35. The minimum Gasteiger partial charge on any atom is -0.344 e. The zero-order valence-corrected chi connectivity index (χ0v) is 11.9. The molecule has 0 atom stereocenters. The van der Waals surface area contributed by atoms with Gasteiger partial charge in [0.2, 0.25) is 0 Å². The molecule has 0 bridgehead atoms. The van der Waals surface area contributed by atoms with Crippen molar-refractivity contribution in [2.45, 2.75) is 51.1 Å². The molecule has 2 aromatic rings. The first-order valence-corrected chi connectivity index (χ1v) is 8.16. The van der Waals surface area contributed by atoms with E-state index in [1.807, 2.05) is 11.3 Å². The summed E-state index contributed by atoms with van der Waals surface area (Å²) in [6, 6.07) is 2.92. The average Bonchev–Trinajstić information content (AvgIpc) is 3.15. The zero-order valence-electron chi connectivity index (χ0n) is 11.0. The summed E-state index contributed by atoms with van der Waals surface area (Å²) in [7, 11) is 0. The molecule has 0 aliphatic heterocycles. The number of nitrogens with one attached hydrogen (secondary N) is 2. The van der Waals surface area contributed by atoms with E-state index >= 15 is 0 Å². The van der Waals surface area contributed by atoms with Gasteiger partial charge in [-0.3, -0.25) is 0 Å². The van der Waals surface area contributed by atoms with Crippen molar-refractivity contribution >= 4 is 11.3 Å². The van der Waals surface area contributed by atoms with E-state index in [1.54, 1.807) is 0 Å². The molecule has 3 nitrogen and oxygen atoms in total. The molecule has 1 saturated carbocycles. The summed E-state index contributed by atoms with van der Waals surface area (Å²) in [4.78, 5) is 9.83. The summed E-state index contributed by atoms with van der Waals surface area (Å²) in [5.41, 5.74) is 3.88. The van der Waals surface area contributed by atoms with Crippen molar-refractivity contribution in [3.8, 4) is 11.3 Å². The van der Waals surface area contributed by atoms with E-state index in [0.717, 1.165) is 25.2 Å². The van der Waals surface area contributed by atoms with Crippen LogP contribution in [0.15, 0.2) is 11.4 Å². The van der Waals surface area contributed by atoms with E-state index < -0.39 is 0 Å². The van der Waals surface area contributed by atoms with Crippen molar-refractivity contribution in [1.82, 2.24) is 15.3 Å². The smallest absolute Gasteiger partial charge is 0.121 e. The lowest BCUT2D eigenvalue weighted by molar-refractivity contribution is 0.515. The number of nitrogens with zero attached hydrogens (tertiary/aromatic N) is 1. The summed E-state index contributed by atoms with van der Waals surface area (Å²) < 4.78 is 0. The monoisotopic (exact) mass is 273 g/mol. The highest BCUT2D eigenvalue weighted by Gasteiger charge is 2.21. The maximum absolute atomic E-state index is 4.81. The molecule has 0 amide bonds. The molecule has 2 heterocycles. The van der Waals surface area contributed by atoms with Crippen molar-refractivity contribution in [2.24, 2.45) is 0 Å². The topological polar surface area (TPSA) is 40.7 Å². The van der Waals surface area contributed by atoms with Gasteiger partial charge in [0.15, 0.2) is 0 Å². The average molecular weight is 273 g/mol. The fourth-order valence-electron chi connectivity index (χ4n) is 3.31. The maximum atomic E-state index is 4.81. The molecule has 100 valence electrons. The van der Waals surface area contributed by atoms with Crippen molar-refractivity contribution in [2.75, 3.05) is 0 Å². The molecule has 2 N–H and O–H groups in total. The number of aromatic nitrogens is 2. The van der Waals surface area contributed by atoms with E-state index in [2.05, 4.69) is 21.7 Å². The van der Waals surface area contributed by atoms with Crippen LogP contribution in [0.3, 0.4) is 0 Å². The largest absolute Gasteiger partial charge is 0.344 e. The second kappa shape index (κ2) is 4.76. The quantitative estimate of drug-likeness (QED) is 0.901. The summed E-state index contributed by atoms with van der Waals surface area (Å²) >= 11 is 1.86. The second-order valence-electron chi connectivity index (χ2n) is 5.63. The lowest BCUT2D eigenvalue weighted by Gasteiger charge is -2.09. The fourth-order valence-corrected chi connectivity index (χ4v) is 4.19. The van der Waals surface area contributed by atoms with E-state index in [4.69, 9.17) is 4.98 Å². The van der Waals surface area contributed by atoms with Gasteiger partial charge in [0.1, 0.15) is 5.82 Å². The lowest BCUT2D eigenvalue weighted by Crippen LogP contribution is -2.25. The first-order chi connectivity index (χ1) is 9.40. The molecular formula is C15H19N3S. The third kappa shape index (κ3) is 2.13. The van der Waals surface area contributed by atoms with E-state index in [1.165, 1.54) is 47.5 Å². The summed E-state index contributed by atoms with van der Waals surface area (Å²) in [6.45, 7) is 0.886. The fraction of sp³-hybridized carbons (Fsp3) is 0.533. The van der Waals surface area contributed by atoms with Crippen molar-refractivity contribution in [3.63, 3.8) is 0 Å². The number of H-pyrrole nitrogens is 1. The first kappa shape index (κ1) is 11.7. The number of hydrogen-bond acceptors (Lipinski definition) is 3. The molecule has 0 spiro atoms. The van der Waals surface area contributed by atoms with Crippen LogP contribution in [0.5, 0.6) is 0 Å². The van der Waals surface area contributed by atoms with Gasteiger partial charge in [0, 0.05) is 22.2 Å². The standard InChI is InChI=1S/C15H19N3S/c1-2-4-10(3-1)16-9-14-17-12-5-6-13-11(7-8-19-13)15(12)18-14/h7-8,10,16H,1-6,9H2,(H,17,18). The van der Waals surface area contributed by atoms with Crippen LogP contribution in [0.2, 0.25) is 0 Å². The zero-order chi connectivity index (χ0) is 12.7. The number of aryl methyl sites for hydroxylation is 2. The molecule has 2 aliphatic rings. The van der Waals surface area contributed by atoms with E-state index in [9.17, 15) is 0 Å². The third-order valence-corrected chi connectivity index (χ3v) is 5.32. The van der Waals surface area contributed by atoms with Crippen LogP contribution in [0.25, 0.3) is 11.3 Å². The van der Waals surface area contributed by atoms with Gasteiger partial charge in [-0.25, -0.2) is 4.98 Å². The van der Waals surface area contributed by atoms with Gasteiger partial charge in [-0.15, -0.1) is 11.3 Å². The Balaban J connectivity index is 1.53. The van der Waals surface area contributed by atoms with Crippen LogP contribution < -0.4 is 5.32 Å². The molecule has 2 aromatic heterocycles. The van der Waals surface area contributed by atoms with Crippen LogP contribution in [-0.4, -0.2) is 16.0 Å². The van der Waals surface area contributed by atoms with Crippen molar-refractivity contribution in [3.05, 3.63) is 27.8 Å². The molecule has 2 aliphatic carbocycles. The van der Waals surface area contributed by atoms with Crippen molar-refractivity contribution < 1.29 is 0 Å². The van der Waals surface area contributed by atoms with Gasteiger partial charge >= 0.3 is 0 Å². The van der Waals surface area contributed by atoms with Crippen LogP contribution >= 0.6 is 11.3 Å². The van der Waals surface area contributed by atoms with Crippen LogP contribution in [0.1, 0.15) is 42.1 Å². The maximum Gasteiger partial charge on any atom is 0.121 e. The molecular weight excluding hydrogens is 254 g/mol. The Kier molecular flexibility index (Phi) is 2.93. The van der Waals surface area contributed by atoms with Crippen molar-refractivity contribution in [1.29, 1.82) is 0 Å².